The zero-order valence-electron chi connectivity index (χ0n) is 14.9. The van der Waals surface area contributed by atoms with Crippen molar-refractivity contribution >= 4 is 22.5 Å². The minimum atomic E-state index is 0.384. The number of imidazole rings is 1. The SMILES string of the molecule is Cc1ccc(CSC(Cn2ccnc2)c2ccc3ccccc3c2)cc1. The van der Waals surface area contributed by atoms with Crippen LogP contribution in [0.2, 0.25) is 0 Å². The van der Waals surface area contributed by atoms with E-state index in [4.69, 9.17) is 0 Å². The zero-order valence-corrected chi connectivity index (χ0v) is 15.7. The highest BCUT2D eigenvalue weighted by molar-refractivity contribution is 7.98. The molecule has 0 spiro atoms. The van der Waals surface area contributed by atoms with E-state index < -0.39 is 0 Å². The molecule has 0 fully saturated rings. The van der Waals surface area contributed by atoms with Gasteiger partial charge in [0, 0.05) is 29.9 Å². The van der Waals surface area contributed by atoms with Gasteiger partial charge in [-0.25, -0.2) is 4.98 Å². The first-order valence-corrected chi connectivity index (χ1v) is 9.94. The zero-order chi connectivity index (χ0) is 17.8. The molecule has 0 radical (unpaired) electrons. The molecule has 0 saturated carbocycles. The van der Waals surface area contributed by atoms with Crippen molar-refractivity contribution in [2.45, 2.75) is 24.5 Å². The van der Waals surface area contributed by atoms with Gasteiger partial charge in [0.05, 0.1) is 6.33 Å². The monoisotopic (exact) mass is 358 g/mol. The van der Waals surface area contributed by atoms with Crippen molar-refractivity contribution in [3.8, 4) is 0 Å². The third-order valence-corrected chi connectivity index (χ3v) is 5.98. The summed E-state index contributed by atoms with van der Waals surface area (Å²) in [6, 6.07) is 24.2. The maximum atomic E-state index is 4.20. The summed E-state index contributed by atoms with van der Waals surface area (Å²) in [5.41, 5.74) is 4.05. The first-order valence-electron chi connectivity index (χ1n) is 8.89. The summed E-state index contributed by atoms with van der Waals surface area (Å²) in [5, 5.41) is 2.98. The van der Waals surface area contributed by atoms with E-state index in [0.29, 0.717) is 5.25 Å². The Balaban J connectivity index is 1.59. The number of thioether (sulfide) groups is 1. The number of benzene rings is 3. The molecule has 130 valence electrons. The molecule has 3 heteroatoms. The van der Waals surface area contributed by atoms with Crippen LogP contribution in [-0.4, -0.2) is 9.55 Å². The summed E-state index contributed by atoms with van der Waals surface area (Å²) in [4.78, 5) is 4.20. The van der Waals surface area contributed by atoms with Crippen LogP contribution in [0, 0.1) is 6.92 Å². The van der Waals surface area contributed by atoms with Gasteiger partial charge >= 0.3 is 0 Å². The topological polar surface area (TPSA) is 17.8 Å². The van der Waals surface area contributed by atoms with E-state index in [2.05, 4.69) is 83.2 Å². The van der Waals surface area contributed by atoms with Gasteiger partial charge in [-0.05, 0) is 34.9 Å². The largest absolute Gasteiger partial charge is 0.336 e. The molecular formula is C23H22N2S. The van der Waals surface area contributed by atoms with Gasteiger partial charge in [-0.3, -0.25) is 0 Å². The van der Waals surface area contributed by atoms with Crippen molar-refractivity contribution in [3.05, 3.63) is 102 Å². The van der Waals surface area contributed by atoms with Crippen molar-refractivity contribution in [1.82, 2.24) is 9.55 Å². The average molecular weight is 359 g/mol. The Bertz CT molecular complexity index is 975. The van der Waals surface area contributed by atoms with Crippen molar-refractivity contribution in [2.75, 3.05) is 0 Å². The number of rotatable bonds is 6. The maximum Gasteiger partial charge on any atom is 0.0946 e. The molecule has 1 aromatic heterocycles. The summed E-state index contributed by atoms with van der Waals surface area (Å²) in [6.45, 7) is 3.06. The highest BCUT2D eigenvalue weighted by Crippen LogP contribution is 2.34. The highest BCUT2D eigenvalue weighted by Gasteiger charge is 2.14. The number of hydrogen-bond donors (Lipinski definition) is 0. The fraction of sp³-hybridized carbons (Fsp3) is 0.174. The van der Waals surface area contributed by atoms with Crippen molar-refractivity contribution in [3.63, 3.8) is 0 Å². The summed E-state index contributed by atoms with van der Waals surface area (Å²) in [5.74, 6) is 1.01. The Morgan fingerprint density at radius 2 is 1.77 bits per heavy atom. The van der Waals surface area contributed by atoms with E-state index in [1.165, 1.54) is 27.5 Å². The number of hydrogen-bond acceptors (Lipinski definition) is 2. The second-order valence-corrected chi connectivity index (χ2v) is 7.84. The minimum Gasteiger partial charge on any atom is -0.336 e. The lowest BCUT2D eigenvalue weighted by Gasteiger charge is -2.18. The third-order valence-electron chi connectivity index (χ3n) is 4.65. The van der Waals surface area contributed by atoms with Gasteiger partial charge in [-0.15, -0.1) is 11.8 Å². The van der Waals surface area contributed by atoms with Gasteiger partial charge in [0.1, 0.15) is 0 Å². The van der Waals surface area contributed by atoms with Crippen LogP contribution in [0.1, 0.15) is 21.9 Å². The fourth-order valence-corrected chi connectivity index (χ4v) is 4.33. The molecule has 0 aliphatic heterocycles. The van der Waals surface area contributed by atoms with Crippen LogP contribution in [-0.2, 0) is 12.3 Å². The van der Waals surface area contributed by atoms with Gasteiger partial charge in [-0.2, -0.15) is 0 Å². The Morgan fingerprint density at radius 3 is 2.54 bits per heavy atom. The quantitative estimate of drug-likeness (QED) is 0.419. The van der Waals surface area contributed by atoms with Gasteiger partial charge in [0.2, 0.25) is 0 Å². The van der Waals surface area contributed by atoms with Gasteiger partial charge < -0.3 is 4.57 Å². The molecule has 3 aromatic carbocycles. The molecule has 0 N–H and O–H groups in total. The minimum absolute atomic E-state index is 0.384. The van der Waals surface area contributed by atoms with E-state index in [9.17, 15) is 0 Å². The van der Waals surface area contributed by atoms with Crippen molar-refractivity contribution in [2.24, 2.45) is 0 Å². The molecular weight excluding hydrogens is 336 g/mol. The Labute approximate surface area is 158 Å². The van der Waals surface area contributed by atoms with E-state index in [1.54, 1.807) is 0 Å². The lowest BCUT2D eigenvalue weighted by atomic mass is 10.0. The molecule has 26 heavy (non-hydrogen) atoms. The molecule has 0 amide bonds. The van der Waals surface area contributed by atoms with Gasteiger partial charge in [0.25, 0.3) is 0 Å². The molecule has 0 saturated heterocycles. The molecule has 4 rings (SSSR count). The molecule has 0 aliphatic rings. The van der Waals surface area contributed by atoms with Crippen LogP contribution in [0.15, 0.2) is 85.5 Å². The standard InChI is InChI=1S/C23H22N2S/c1-18-6-8-19(9-7-18)16-26-23(15-25-13-12-24-17-25)22-11-10-20-4-2-3-5-21(20)14-22/h2-14,17,23H,15-16H2,1H3. The molecule has 0 aliphatic carbocycles. The van der Waals surface area contributed by atoms with Crippen molar-refractivity contribution < 1.29 is 0 Å². The van der Waals surface area contributed by atoms with E-state index in [-0.39, 0.29) is 0 Å². The Morgan fingerprint density at radius 1 is 0.962 bits per heavy atom. The number of aromatic nitrogens is 2. The maximum absolute atomic E-state index is 4.20. The first-order chi connectivity index (χ1) is 12.8. The number of nitrogens with zero attached hydrogens (tertiary/aromatic N) is 2. The first kappa shape index (κ1) is 16.9. The van der Waals surface area contributed by atoms with E-state index >= 15 is 0 Å². The Kier molecular flexibility index (Phi) is 5.07. The lowest BCUT2D eigenvalue weighted by Crippen LogP contribution is -2.05. The van der Waals surface area contributed by atoms with Crippen LogP contribution >= 0.6 is 11.8 Å². The normalized spacial score (nSPS) is 12.3. The van der Waals surface area contributed by atoms with Crippen molar-refractivity contribution in [1.29, 1.82) is 0 Å². The predicted octanol–water partition coefficient (Wildman–Crippen LogP) is 6.02. The van der Waals surface area contributed by atoms with Crippen LogP contribution in [0.3, 0.4) is 0 Å². The molecule has 2 nitrogen and oxygen atoms in total. The highest BCUT2D eigenvalue weighted by atomic mass is 32.2. The number of fused-ring (bicyclic) bond motifs is 1. The fourth-order valence-electron chi connectivity index (χ4n) is 3.13. The molecule has 0 bridgehead atoms. The average Bonchev–Trinajstić information content (AvgIpc) is 3.19. The van der Waals surface area contributed by atoms with Crippen LogP contribution in [0.25, 0.3) is 10.8 Å². The lowest BCUT2D eigenvalue weighted by molar-refractivity contribution is 0.683. The number of aryl methyl sites for hydroxylation is 1. The third kappa shape index (κ3) is 4.00. The second-order valence-electron chi connectivity index (χ2n) is 6.65. The van der Waals surface area contributed by atoms with Crippen LogP contribution < -0.4 is 0 Å². The predicted molar refractivity (Wildman–Crippen MR) is 111 cm³/mol. The van der Waals surface area contributed by atoms with Crippen LogP contribution in [0.5, 0.6) is 0 Å². The van der Waals surface area contributed by atoms with Crippen LogP contribution in [0.4, 0.5) is 0 Å². The van der Waals surface area contributed by atoms with E-state index in [1.807, 2.05) is 30.5 Å². The van der Waals surface area contributed by atoms with Gasteiger partial charge in [0.15, 0.2) is 0 Å². The summed E-state index contributed by atoms with van der Waals surface area (Å²) in [6.07, 6.45) is 5.79. The van der Waals surface area contributed by atoms with E-state index in [0.717, 1.165) is 12.3 Å². The molecule has 1 heterocycles. The summed E-state index contributed by atoms with van der Waals surface area (Å²) < 4.78 is 2.17. The van der Waals surface area contributed by atoms with Gasteiger partial charge in [-0.1, -0.05) is 66.2 Å². The molecule has 4 aromatic rings. The smallest absolute Gasteiger partial charge is 0.0946 e. The molecule has 1 atom stereocenters. The summed E-state index contributed by atoms with van der Waals surface area (Å²) >= 11 is 1.99. The second kappa shape index (κ2) is 7.79. The molecule has 1 unspecified atom stereocenters. The Hall–Kier alpha value is -2.52. The summed E-state index contributed by atoms with van der Waals surface area (Å²) in [7, 11) is 0.